The molecule has 1 amide bonds. The van der Waals surface area contributed by atoms with Gasteiger partial charge in [-0.3, -0.25) is 4.79 Å². The summed E-state index contributed by atoms with van der Waals surface area (Å²) in [7, 11) is 1.60. The molecular formula is C25H23N3O3. The van der Waals surface area contributed by atoms with Gasteiger partial charge in [-0.2, -0.15) is 5.10 Å². The molecule has 1 N–H and O–H groups in total. The third-order valence-electron chi connectivity index (χ3n) is 4.93. The molecule has 0 aliphatic rings. The van der Waals surface area contributed by atoms with E-state index >= 15 is 0 Å². The molecule has 0 aliphatic heterocycles. The largest absolute Gasteiger partial charge is 0.493 e. The van der Waals surface area contributed by atoms with Crippen molar-refractivity contribution in [3.63, 3.8) is 0 Å². The summed E-state index contributed by atoms with van der Waals surface area (Å²) in [5, 5.41) is 7.49. The van der Waals surface area contributed by atoms with E-state index in [1.54, 1.807) is 36.1 Å². The van der Waals surface area contributed by atoms with Gasteiger partial charge in [-0.1, -0.05) is 30.3 Å². The molecule has 0 bridgehead atoms. The van der Waals surface area contributed by atoms with Crippen LogP contribution in [0.4, 0.5) is 5.69 Å². The summed E-state index contributed by atoms with van der Waals surface area (Å²) in [5.74, 6) is 1.73. The Morgan fingerprint density at radius 2 is 1.52 bits per heavy atom. The van der Waals surface area contributed by atoms with E-state index in [0.29, 0.717) is 34.2 Å². The Kier molecular flexibility index (Phi) is 5.71. The van der Waals surface area contributed by atoms with Gasteiger partial charge in [0.05, 0.1) is 29.7 Å². The molecule has 0 radical (unpaired) electrons. The molecule has 1 heterocycles. The van der Waals surface area contributed by atoms with Crippen LogP contribution in [0.5, 0.6) is 17.2 Å². The number of anilines is 1. The number of aromatic nitrogens is 2. The lowest BCUT2D eigenvalue weighted by molar-refractivity contribution is 0.102. The van der Waals surface area contributed by atoms with Gasteiger partial charge in [-0.25, -0.2) is 4.68 Å². The molecule has 31 heavy (non-hydrogen) atoms. The second-order valence-electron chi connectivity index (χ2n) is 7.02. The molecule has 3 aromatic carbocycles. The van der Waals surface area contributed by atoms with Crippen LogP contribution in [0, 0.1) is 13.8 Å². The molecule has 6 heteroatoms. The first kappa shape index (κ1) is 20.2. The lowest BCUT2D eigenvalue weighted by atomic mass is 10.1. The van der Waals surface area contributed by atoms with Crippen LogP contribution in [0.1, 0.15) is 21.7 Å². The second-order valence-corrected chi connectivity index (χ2v) is 7.02. The maximum absolute atomic E-state index is 12.9. The molecule has 0 fully saturated rings. The minimum atomic E-state index is -0.199. The number of amides is 1. The number of carbonyl (C=O) groups is 1. The summed E-state index contributed by atoms with van der Waals surface area (Å²) >= 11 is 0. The van der Waals surface area contributed by atoms with Crippen molar-refractivity contribution in [3.05, 3.63) is 95.8 Å². The molecule has 0 spiro atoms. The third kappa shape index (κ3) is 4.28. The highest BCUT2D eigenvalue weighted by molar-refractivity contribution is 6.06. The average molecular weight is 413 g/mol. The zero-order chi connectivity index (χ0) is 21.8. The average Bonchev–Trinajstić information content (AvgIpc) is 3.10. The molecule has 0 saturated carbocycles. The summed E-state index contributed by atoms with van der Waals surface area (Å²) < 4.78 is 13.0. The fourth-order valence-electron chi connectivity index (χ4n) is 3.42. The minimum absolute atomic E-state index is 0.199. The van der Waals surface area contributed by atoms with Crippen molar-refractivity contribution in [1.82, 2.24) is 9.78 Å². The van der Waals surface area contributed by atoms with E-state index in [0.717, 1.165) is 11.4 Å². The first-order valence-corrected chi connectivity index (χ1v) is 9.90. The summed E-state index contributed by atoms with van der Waals surface area (Å²) in [6, 6.07) is 24.4. The van der Waals surface area contributed by atoms with Crippen LogP contribution >= 0.6 is 0 Å². The van der Waals surface area contributed by atoms with Crippen molar-refractivity contribution in [2.24, 2.45) is 0 Å². The second kappa shape index (κ2) is 8.75. The van der Waals surface area contributed by atoms with E-state index in [1.807, 2.05) is 68.4 Å². The van der Waals surface area contributed by atoms with Crippen LogP contribution in [-0.4, -0.2) is 22.8 Å². The Balaban J connectivity index is 1.50. The van der Waals surface area contributed by atoms with Crippen LogP contribution in [-0.2, 0) is 0 Å². The van der Waals surface area contributed by atoms with E-state index in [-0.39, 0.29) is 5.91 Å². The van der Waals surface area contributed by atoms with E-state index in [2.05, 4.69) is 10.4 Å². The van der Waals surface area contributed by atoms with Gasteiger partial charge in [-0.15, -0.1) is 0 Å². The first-order chi connectivity index (χ1) is 15.1. The maximum atomic E-state index is 12.9. The van der Waals surface area contributed by atoms with Gasteiger partial charge >= 0.3 is 0 Å². The number of benzene rings is 3. The fraction of sp³-hybridized carbons (Fsp3) is 0.120. The topological polar surface area (TPSA) is 65.4 Å². The Labute approximate surface area is 181 Å². The minimum Gasteiger partial charge on any atom is -0.493 e. The Hall–Kier alpha value is -4.06. The van der Waals surface area contributed by atoms with Crippen molar-refractivity contribution in [2.75, 3.05) is 12.4 Å². The van der Waals surface area contributed by atoms with Crippen LogP contribution in [0.2, 0.25) is 0 Å². The zero-order valence-corrected chi connectivity index (χ0v) is 17.6. The van der Waals surface area contributed by atoms with Crippen LogP contribution in [0.25, 0.3) is 5.69 Å². The van der Waals surface area contributed by atoms with Crippen molar-refractivity contribution >= 4 is 11.6 Å². The number of carbonyl (C=O) groups excluding carboxylic acids is 1. The van der Waals surface area contributed by atoms with E-state index in [1.165, 1.54) is 0 Å². The number of nitrogens with zero attached hydrogens (tertiary/aromatic N) is 2. The lowest BCUT2D eigenvalue weighted by Gasteiger charge is -2.11. The number of hydrogen-bond acceptors (Lipinski definition) is 4. The van der Waals surface area contributed by atoms with Gasteiger partial charge in [-0.05, 0) is 62.4 Å². The molecular weight excluding hydrogens is 390 g/mol. The van der Waals surface area contributed by atoms with Crippen molar-refractivity contribution in [2.45, 2.75) is 13.8 Å². The number of aryl methyl sites for hydroxylation is 1. The Morgan fingerprint density at radius 1 is 0.871 bits per heavy atom. The molecule has 1 aromatic heterocycles. The van der Waals surface area contributed by atoms with Gasteiger partial charge in [0.1, 0.15) is 5.75 Å². The number of methoxy groups -OCH3 is 1. The summed E-state index contributed by atoms with van der Waals surface area (Å²) in [4.78, 5) is 12.9. The van der Waals surface area contributed by atoms with Crippen LogP contribution < -0.4 is 14.8 Å². The first-order valence-electron chi connectivity index (χ1n) is 9.90. The molecule has 0 saturated heterocycles. The number of para-hydroxylation sites is 3. The molecule has 0 atom stereocenters. The molecule has 4 rings (SSSR count). The Morgan fingerprint density at radius 3 is 2.19 bits per heavy atom. The number of rotatable bonds is 6. The summed E-state index contributed by atoms with van der Waals surface area (Å²) in [6.45, 7) is 3.73. The molecule has 0 unspecified atom stereocenters. The van der Waals surface area contributed by atoms with Gasteiger partial charge < -0.3 is 14.8 Å². The maximum Gasteiger partial charge on any atom is 0.259 e. The molecule has 6 nitrogen and oxygen atoms in total. The van der Waals surface area contributed by atoms with Crippen LogP contribution in [0.15, 0.2) is 78.9 Å². The van der Waals surface area contributed by atoms with Gasteiger partial charge in [0.25, 0.3) is 5.91 Å². The van der Waals surface area contributed by atoms with Crippen molar-refractivity contribution in [3.8, 4) is 22.9 Å². The van der Waals surface area contributed by atoms with Gasteiger partial charge in [0.2, 0.25) is 0 Å². The fourth-order valence-corrected chi connectivity index (χ4v) is 3.42. The smallest absolute Gasteiger partial charge is 0.259 e. The van der Waals surface area contributed by atoms with Crippen LogP contribution in [0.3, 0.4) is 0 Å². The van der Waals surface area contributed by atoms with Gasteiger partial charge in [0.15, 0.2) is 11.5 Å². The number of ether oxygens (including phenoxy) is 2. The zero-order valence-electron chi connectivity index (χ0n) is 17.6. The molecule has 4 aromatic rings. The summed E-state index contributed by atoms with van der Waals surface area (Å²) in [6.07, 6.45) is 0. The predicted molar refractivity (Wildman–Crippen MR) is 121 cm³/mol. The lowest BCUT2D eigenvalue weighted by Crippen LogP contribution is -2.14. The van der Waals surface area contributed by atoms with Crippen molar-refractivity contribution in [1.29, 1.82) is 0 Å². The summed E-state index contributed by atoms with van der Waals surface area (Å²) in [5.41, 5.74) is 3.62. The predicted octanol–water partition coefficient (Wildman–Crippen LogP) is 5.54. The normalized spacial score (nSPS) is 10.5. The number of nitrogens with one attached hydrogen (secondary N) is 1. The van der Waals surface area contributed by atoms with Gasteiger partial charge in [0, 0.05) is 5.69 Å². The number of hydrogen-bond donors (Lipinski definition) is 1. The molecule has 0 aliphatic carbocycles. The SMILES string of the molecule is COc1ccccc1Oc1ccc(NC(=O)c2c(C)nn(-c3ccccc3)c2C)cc1. The van der Waals surface area contributed by atoms with Crippen molar-refractivity contribution < 1.29 is 14.3 Å². The van der Waals surface area contributed by atoms with E-state index < -0.39 is 0 Å². The quantitative estimate of drug-likeness (QED) is 0.451. The highest BCUT2D eigenvalue weighted by Crippen LogP contribution is 2.31. The third-order valence-corrected chi connectivity index (χ3v) is 4.93. The monoisotopic (exact) mass is 413 g/mol. The van der Waals surface area contributed by atoms with E-state index in [4.69, 9.17) is 9.47 Å². The Bertz CT molecular complexity index is 1200. The standard InChI is InChI=1S/C25H23N3O3/c1-17-24(18(2)28(27-17)20-9-5-4-6-10-20)25(29)26-19-13-15-21(16-14-19)31-23-12-8-7-11-22(23)30-3/h4-16H,1-3H3,(H,26,29). The highest BCUT2D eigenvalue weighted by Gasteiger charge is 2.19. The highest BCUT2D eigenvalue weighted by atomic mass is 16.5. The molecule has 156 valence electrons. The van der Waals surface area contributed by atoms with E-state index in [9.17, 15) is 4.79 Å².